The van der Waals surface area contributed by atoms with Gasteiger partial charge in [-0.3, -0.25) is 14.1 Å². The quantitative estimate of drug-likeness (QED) is 0.401. The lowest BCUT2D eigenvalue weighted by atomic mass is 10.0. The van der Waals surface area contributed by atoms with Crippen LogP contribution in [0.5, 0.6) is 5.75 Å². The summed E-state index contributed by atoms with van der Waals surface area (Å²) in [5.74, 6) is -0.703. The zero-order valence-corrected chi connectivity index (χ0v) is 21.3. The third-order valence-corrected chi connectivity index (χ3v) is 7.82. The lowest BCUT2D eigenvalue weighted by molar-refractivity contribution is 0.385. The molecule has 1 N–H and O–H groups in total. The molecule has 1 aliphatic heterocycles. The van der Waals surface area contributed by atoms with E-state index in [0.29, 0.717) is 22.4 Å². The SMILES string of the molecule is COc1cc(-c2ccc(F)c(C)c2)c(F)cc1-n1c2c(ccc1=O)CN(S(=O)(=O)Nc1cccnn1)CC2. The van der Waals surface area contributed by atoms with Crippen molar-refractivity contribution in [2.45, 2.75) is 19.9 Å². The number of aromatic nitrogens is 3. The molecule has 0 saturated carbocycles. The number of hydrogen-bond donors (Lipinski definition) is 1. The van der Waals surface area contributed by atoms with Gasteiger partial charge in [0.05, 0.1) is 12.8 Å². The van der Waals surface area contributed by atoms with Crippen LogP contribution >= 0.6 is 0 Å². The molecule has 4 aromatic rings. The number of nitrogens with zero attached hydrogens (tertiary/aromatic N) is 4. The fourth-order valence-electron chi connectivity index (χ4n) is 4.47. The number of aryl methyl sites for hydroxylation is 1. The van der Waals surface area contributed by atoms with E-state index in [1.165, 1.54) is 64.6 Å². The topological polar surface area (TPSA) is 106 Å². The van der Waals surface area contributed by atoms with Gasteiger partial charge in [-0.1, -0.05) is 12.1 Å². The Morgan fingerprint density at radius 2 is 1.87 bits per heavy atom. The molecule has 0 bridgehead atoms. The molecule has 0 atom stereocenters. The van der Waals surface area contributed by atoms with Crippen LogP contribution in [0.3, 0.4) is 0 Å². The smallest absolute Gasteiger partial charge is 0.303 e. The average molecular weight is 540 g/mol. The van der Waals surface area contributed by atoms with E-state index in [-0.39, 0.29) is 42.3 Å². The van der Waals surface area contributed by atoms with Crippen molar-refractivity contribution in [3.63, 3.8) is 0 Å². The lowest BCUT2D eigenvalue weighted by Gasteiger charge is -2.30. The highest BCUT2D eigenvalue weighted by molar-refractivity contribution is 7.90. The van der Waals surface area contributed by atoms with Crippen molar-refractivity contribution in [2.75, 3.05) is 18.4 Å². The first-order chi connectivity index (χ1) is 18.2. The maximum atomic E-state index is 15.4. The molecular weight excluding hydrogens is 516 g/mol. The average Bonchev–Trinajstić information content (AvgIpc) is 2.90. The third-order valence-electron chi connectivity index (χ3n) is 6.36. The fraction of sp³-hybridized carbons (Fsp3) is 0.192. The Hall–Kier alpha value is -4.16. The Bertz CT molecular complexity index is 1690. The van der Waals surface area contributed by atoms with E-state index in [1.807, 2.05) is 0 Å². The van der Waals surface area contributed by atoms with Gasteiger partial charge < -0.3 is 4.74 Å². The normalized spacial score (nSPS) is 13.7. The molecular formula is C26H23F2N5O4S. The summed E-state index contributed by atoms with van der Waals surface area (Å²) in [6.07, 6.45) is 1.62. The van der Waals surface area contributed by atoms with E-state index in [1.54, 1.807) is 19.1 Å². The number of pyridine rings is 1. The van der Waals surface area contributed by atoms with Gasteiger partial charge >= 0.3 is 10.2 Å². The van der Waals surface area contributed by atoms with Gasteiger partial charge in [0.25, 0.3) is 5.56 Å². The molecule has 0 fully saturated rings. The van der Waals surface area contributed by atoms with Crippen molar-refractivity contribution in [3.8, 4) is 22.6 Å². The minimum absolute atomic E-state index is 0.0110. The first-order valence-corrected chi connectivity index (χ1v) is 13.1. The molecule has 0 radical (unpaired) electrons. The van der Waals surface area contributed by atoms with Crippen LogP contribution in [0.2, 0.25) is 0 Å². The van der Waals surface area contributed by atoms with Crippen LogP contribution in [0.4, 0.5) is 14.6 Å². The monoisotopic (exact) mass is 539 g/mol. The molecule has 1 aliphatic rings. The van der Waals surface area contributed by atoms with Crippen molar-refractivity contribution in [1.29, 1.82) is 0 Å². The van der Waals surface area contributed by atoms with Gasteiger partial charge in [-0.25, -0.2) is 8.78 Å². The van der Waals surface area contributed by atoms with Crippen LogP contribution < -0.4 is 15.0 Å². The second kappa shape index (κ2) is 9.95. The summed E-state index contributed by atoms with van der Waals surface area (Å²) in [7, 11) is -2.54. The van der Waals surface area contributed by atoms with Crippen molar-refractivity contribution < 1.29 is 21.9 Å². The zero-order chi connectivity index (χ0) is 27.0. The highest BCUT2D eigenvalue weighted by Crippen LogP contribution is 2.34. The van der Waals surface area contributed by atoms with Crippen LogP contribution in [-0.4, -0.2) is 41.1 Å². The van der Waals surface area contributed by atoms with Crippen LogP contribution in [0.25, 0.3) is 16.8 Å². The van der Waals surface area contributed by atoms with Crippen LogP contribution in [0.15, 0.2) is 65.6 Å². The largest absolute Gasteiger partial charge is 0.495 e. The molecule has 0 spiro atoms. The molecule has 196 valence electrons. The second-order valence-corrected chi connectivity index (χ2v) is 10.4. The van der Waals surface area contributed by atoms with E-state index in [2.05, 4.69) is 14.9 Å². The number of nitrogens with one attached hydrogen (secondary N) is 1. The standard InChI is InChI=1S/C26H23F2N5O4S/c1-16-12-17(5-7-20(16)27)19-13-24(37-2)23(14-21(19)28)33-22-9-11-32(15-18(22)6-8-26(33)34)38(35,36)31-25-4-3-10-29-30-25/h3-8,10,12-14H,9,11,15H2,1-2H3,(H,30,31). The summed E-state index contributed by atoms with van der Waals surface area (Å²) in [5, 5.41) is 7.42. The van der Waals surface area contributed by atoms with E-state index in [4.69, 9.17) is 4.74 Å². The molecule has 3 heterocycles. The Kier molecular flexibility index (Phi) is 6.67. The first kappa shape index (κ1) is 25.5. The number of hydrogen-bond acceptors (Lipinski definition) is 6. The Labute approximate surface area is 217 Å². The lowest BCUT2D eigenvalue weighted by Crippen LogP contribution is -2.41. The van der Waals surface area contributed by atoms with Gasteiger partial charge in [0, 0.05) is 49.1 Å². The molecule has 38 heavy (non-hydrogen) atoms. The van der Waals surface area contributed by atoms with Gasteiger partial charge in [-0.15, -0.1) is 5.10 Å². The summed E-state index contributed by atoms with van der Waals surface area (Å²) < 4.78 is 65.5. The van der Waals surface area contributed by atoms with Gasteiger partial charge in [0.2, 0.25) is 0 Å². The summed E-state index contributed by atoms with van der Waals surface area (Å²) in [6.45, 7) is 1.65. The zero-order valence-electron chi connectivity index (χ0n) is 20.5. The van der Waals surface area contributed by atoms with Crippen LogP contribution in [-0.2, 0) is 23.2 Å². The van der Waals surface area contributed by atoms with Crippen LogP contribution in [0.1, 0.15) is 16.8 Å². The van der Waals surface area contributed by atoms with Gasteiger partial charge in [0.1, 0.15) is 17.4 Å². The van der Waals surface area contributed by atoms with E-state index in [9.17, 15) is 17.6 Å². The molecule has 0 amide bonds. The summed E-state index contributed by atoms with van der Waals surface area (Å²) in [4.78, 5) is 13.0. The third kappa shape index (κ3) is 4.75. The van der Waals surface area contributed by atoms with E-state index >= 15 is 4.39 Å². The van der Waals surface area contributed by atoms with Crippen molar-refractivity contribution >= 4 is 16.0 Å². The molecule has 0 saturated heterocycles. The van der Waals surface area contributed by atoms with Crippen molar-refractivity contribution in [3.05, 3.63) is 99.6 Å². The first-order valence-electron chi connectivity index (χ1n) is 11.6. The molecule has 12 heteroatoms. The van der Waals surface area contributed by atoms with Crippen molar-refractivity contribution in [1.82, 2.24) is 19.1 Å². The summed E-state index contributed by atoms with van der Waals surface area (Å²) in [6, 6.07) is 12.9. The van der Waals surface area contributed by atoms with Gasteiger partial charge in [-0.05, 0) is 53.9 Å². The molecule has 2 aromatic heterocycles. The highest BCUT2D eigenvalue weighted by atomic mass is 32.2. The Balaban J connectivity index is 1.53. The molecule has 2 aromatic carbocycles. The minimum atomic E-state index is -3.95. The number of benzene rings is 2. The Morgan fingerprint density at radius 1 is 1.05 bits per heavy atom. The Morgan fingerprint density at radius 3 is 2.58 bits per heavy atom. The highest BCUT2D eigenvalue weighted by Gasteiger charge is 2.30. The maximum Gasteiger partial charge on any atom is 0.303 e. The van der Waals surface area contributed by atoms with Gasteiger partial charge in [0.15, 0.2) is 5.82 Å². The molecule has 5 rings (SSSR count). The summed E-state index contributed by atoms with van der Waals surface area (Å²) in [5.41, 5.74) is 1.92. The molecule has 9 nitrogen and oxygen atoms in total. The van der Waals surface area contributed by atoms with E-state index < -0.39 is 27.4 Å². The fourth-order valence-corrected chi connectivity index (χ4v) is 5.61. The number of rotatable bonds is 6. The molecule has 0 unspecified atom stereocenters. The predicted molar refractivity (Wildman–Crippen MR) is 137 cm³/mol. The number of fused-ring (bicyclic) bond motifs is 1. The maximum absolute atomic E-state index is 15.4. The summed E-state index contributed by atoms with van der Waals surface area (Å²) >= 11 is 0. The minimum Gasteiger partial charge on any atom is -0.495 e. The van der Waals surface area contributed by atoms with Crippen molar-refractivity contribution in [2.24, 2.45) is 0 Å². The second-order valence-electron chi connectivity index (χ2n) is 8.75. The molecule has 0 aliphatic carbocycles. The predicted octanol–water partition coefficient (Wildman–Crippen LogP) is 3.60. The van der Waals surface area contributed by atoms with Gasteiger partial charge in [-0.2, -0.15) is 17.8 Å². The number of ether oxygens (including phenoxy) is 1. The van der Waals surface area contributed by atoms with Crippen LogP contribution in [0, 0.1) is 18.6 Å². The number of anilines is 1. The number of halogens is 2. The van der Waals surface area contributed by atoms with E-state index in [0.717, 1.165) is 0 Å². The number of methoxy groups -OCH3 is 1.